The van der Waals surface area contributed by atoms with E-state index in [2.05, 4.69) is 12.0 Å². The molecule has 106 valence electrons. The molecule has 20 heavy (non-hydrogen) atoms. The van der Waals surface area contributed by atoms with Crippen molar-refractivity contribution in [2.24, 2.45) is 35.5 Å². The van der Waals surface area contributed by atoms with Crippen molar-refractivity contribution in [2.75, 3.05) is 0 Å². The van der Waals surface area contributed by atoms with Crippen LogP contribution in [-0.2, 0) is 4.79 Å². The van der Waals surface area contributed by atoms with Crippen LogP contribution in [0.25, 0.3) is 0 Å². The lowest BCUT2D eigenvalue weighted by molar-refractivity contribution is -0.120. The summed E-state index contributed by atoms with van der Waals surface area (Å²) in [6.07, 6.45) is 17.4. The molecule has 0 radical (unpaired) electrons. The van der Waals surface area contributed by atoms with Crippen molar-refractivity contribution in [3.05, 3.63) is 11.6 Å². The summed E-state index contributed by atoms with van der Waals surface area (Å²) in [6, 6.07) is 0. The van der Waals surface area contributed by atoms with E-state index in [4.69, 9.17) is 6.42 Å². The first-order valence-electron chi connectivity index (χ1n) is 8.44. The van der Waals surface area contributed by atoms with Gasteiger partial charge in [-0.25, -0.2) is 0 Å². The van der Waals surface area contributed by atoms with Crippen molar-refractivity contribution in [3.8, 4) is 12.3 Å². The van der Waals surface area contributed by atoms with E-state index in [9.17, 15) is 4.79 Å². The van der Waals surface area contributed by atoms with Crippen LogP contribution in [0.2, 0.25) is 0 Å². The van der Waals surface area contributed by atoms with Gasteiger partial charge in [0, 0.05) is 18.8 Å². The first-order chi connectivity index (χ1) is 9.78. The van der Waals surface area contributed by atoms with Crippen LogP contribution in [0.1, 0.15) is 51.4 Å². The van der Waals surface area contributed by atoms with Crippen molar-refractivity contribution in [3.63, 3.8) is 0 Å². The summed E-state index contributed by atoms with van der Waals surface area (Å²) >= 11 is 0. The van der Waals surface area contributed by atoms with Gasteiger partial charge in [0.05, 0.1) is 0 Å². The molecule has 1 heteroatoms. The molecule has 0 bridgehead atoms. The SMILES string of the molecule is C#C[C@H]1CC[C@H]2[C@@H]3CC=C4CC(=O)CC[C@@H]4[C@H]3CC[C@@H]21. The highest BCUT2D eigenvalue weighted by molar-refractivity contribution is 5.82. The molecule has 0 spiro atoms. The predicted octanol–water partition coefficient (Wildman–Crippen LogP) is 3.99. The standard InChI is InChI=1S/C19H24O/c1-2-12-3-6-17-15(12)9-10-18-16-8-5-14(20)11-13(16)4-7-19(17)18/h1,4,12,15-19H,3,5-11H2/t12-,15+,16-,17+,18+,19-/m0/s1. The Morgan fingerprint density at radius 2 is 1.80 bits per heavy atom. The monoisotopic (exact) mass is 268 g/mol. The third kappa shape index (κ3) is 1.80. The number of carbonyl (C=O) groups is 1. The zero-order chi connectivity index (χ0) is 13.7. The number of ketones is 1. The fraction of sp³-hybridized carbons (Fsp3) is 0.737. The molecular weight excluding hydrogens is 244 g/mol. The summed E-state index contributed by atoms with van der Waals surface area (Å²) in [5.74, 6) is 8.23. The maximum Gasteiger partial charge on any atom is 0.136 e. The average Bonchev–Trinajstić information content (AvgIpc) is 2.89. The summed E-state index contributed by atoms with van der Waals surface area (Å²) in [5.41, 5.74) is 1.49. The smallest absolute Gasteiger partial charge is 0.136 e. The largest absolute Gasteiger partial charge is 0.299 e. The minimum absolute atomic E-state index is 0.466. The van der Waals surface area contributed by atoms with E-state index < -0.39 is 0 Å². The number of Topliss-reactive ketones (excluding diaryl/α,β-unsaturated/α-hetero) is 1. The van der Waals surface area contributed by atoms with Crippen LogP contribution >= 0.6 is 0 Å². The van der Waals surface area contributed by atoms with Crippen molar-refractivity contribution in [1.29, 1.82) is 0 Å². The fourth-order valence-electron chi connectivity index (χ4n) is 5.97. The molecule has 4 rings (SSSR count). The highest BCUT2D eigenvalue weighted by Gasteiger charge is 2.49. The number of hydrogen-bond donors (Lipinski definition) is 0. The molecular formula is C19H24O. The molecule has 0 aliphatic heterocycles. The third-order valence-electron chi connectivity index (χ3n) is 6.81. The number of terminal acetylenes is 1. The van der Waals surface area contributed by atoms with E-state index in [0.717, 1.165) is 48.9 Å². The van der Waals surface area contributed by atoms with Crippen molar-refractivity contribution in [2.45, 2.75) is 51.4 Å². The maximum absolute atomic E-state index is 11.7. The molecule has 1 nitrogen and oxygen atoms in total. The molecule has 3 saturated carbocycles. The molecule has 0 amide bonds. The van der Waals surface area contributed by atoms with Crippen LogP contribution in [0.4, 0.5) is 0 Å². The number of hydrogen-bond acceptors (Lipinski definition) is 1. The van der Waals surface area contributed by atoms with E-state index in [1.807, 2.05) is 0 Å². The van der Waals surface area contributed by atoms with Gasteiger partial charge in [-0.2, -0.15) is 0 Å². The van der Waals surface area contributed by atoms with Crippen LogP contribution < -0.4 is 0 Å². The summed E-state index contributed by atoms with van der Waals surface area (Å²) in [6.45, 7) is 0. The summed E-state index contributed by atoms with van der Waals surface area (Å²) < 4.78 is 0. The average molecular weight is 268 g/mol. The van der Waals surface area contributed by atoms with Crippen LogP contribution in [0.3, 0.4) is 0 Å². The van der Waals surface area contributed by atoms with Crippen LogP contribution in [0, 0.1) is 47.9 Å². The highest BCUT2D eigenvalue weighted by Crippen LogP contribution is 2.57. The van der Waals surface area contributed by atoms with E-state index in [1.54, 1.807) is 0 Å². The van der Waals surface area contributed by atoms with E-state index in [0.29, 0.717) is 11.7 Å². The second-order valence-electron chi connectivity index (χ2n) is 7.46. The third-order valence-corrected chi connectivity index (χ3v) is 6.81. The lowest BCUT2D eigenvalue weighted by Crippen LogP contribution is -2.41. The molecule has 0 aromatic rings. The van der Waals surface area contributed by atoms with Crippen molar-refractivity contribution >= 4 is 5.78 Å². The molecule has 4 aliphatic rings. The van der Waals surface area contributed by atoms with Gasteiger partial charge in [-0.05, 0) is 68.1 Å². The summed E-state index contributed by atoms with van der Waals surface area (Å²) in [4.78, 5) is 11.7. The lowest BCUT2D eigenvalue weighted by atomic mass is 9.56. The zero-order valence-corrected chi connectivity index (χ0v) is 12.2. The van der Waals surface area contributed by atoms with Gasteiger partial charge in [-0.1, -0.05) is 11.6 Å². The van der Waals surface area contributed by atoms with Crippen molar-refractivity contribution < 1.29 is 4.79 Å². The Balaban J connectivity index is 1.59. The van der Waals surface area contributed by atoms with Crippen molar-refractivity contribution in [1.82, 2.24) is 0 Å². The van der Waals surface area contributed by atoms with Crippen LogP contribution in [0.5, 0.6) is 0 Å². The Hall–Kier alpha value is -1.03. The van der Waals surface area contributed by atoms with Crippen LogP contribution in [-0.4, -0.2) is 5.78 Å². The van der Waals surface area contributed by atoms with Crippen LogP contribution in [0.15, 0.2) is 11.6 Å². The molecule has 0 saturated heterocycles. The van der Waals surface area contributed by atoms with Gasteiger partial charge in [-0.15, -0.1) is 12.3 Å². The first-order valence-corrected chi connectivity index (χ1v) is 8.44. The van der Waals surface area contributed by atoms with Gasteiger partial charge in [-0.3, -0.25) is 4.79 Å². The normalized spacial score (nSPS) is 46.8. The molecule has 0 aromatic heterocycles. The number of rotatable bonds is 0. The lowest BCUT2D eigenvalue weighted by Gasteiger charge is -2.48. The van der Waals surface area contributed by atoms with Gasteiger partial charge in [0.15, 0.2) is 0 Å². The fourth-order valence-corrected chi connectivity index (χ4v) is 5.97. The summed E-state index contributed by atoms with van der Waals surface area (Å²) in [5, 5.41) is 0. The molecule has 0 heterocycles. The Morgan fingerprint density at radius 3 is 2.65 bits per heavy atom. The Kier molecular flexibility index (Phi) is 3.02. The minimum atomic E-state index is 0.466. The number of allylic oxidation sites excluding steroid dienone is 2. The van der Waals surface area contributed by atoms with Gasteiger partial charge in [0.2, 0.25) is 0 Å². The van der Waals surface area contributed by atoms with Gasteiger partial charge >= 0.3 is 0 Å². The van der Waals surface area contributed by atoms with Gasteiger partial charge in [0.25, 0.3) is 0 Å². The first kappa shape index (κ1) is 12.7. The van der Waals surface area contributed by atoms with E-state index in [-0.39, 0.29) is 0 Å². The second-order valence-corrected chi connectivity index (χ2v) is 7.46. The van der Waals surface area contributed by atoms with E-state index in [1.165, 1.54) is 37.7 Å². The molecule has 3 fully saturated rings. The molecule has 0 aromatic carbocycles. The molecule has 0 N–H and O–H groups in total. The molecule has 0 unspecified atom stereocenters. The Morgan fingerprint density at radius 1 is 1.00 bits per heavy atom. The Bertz CT molecular complexity index is 494. The Labute approximate surface area is 122 Å². The van der Waals surface area contributed by atoms with Gasteiger partial charge < -0.3 is 0 Å². The van der Waals surface area contributed by atoms with Gasteiger partial charge in [0.1, 0.15) is 5.78 Å². The predicted molar refractivity (Wildman–Crippen MR) is 79.8 cm³/mol. The number of fused-ring (bicyclic) bond motifs is 5. The molecule has 4 aliphatic carbocycles. The highest BCUT2D eigenvalue weighted by atomic mass is 16.1. The molecule has 6 atom stereocenters. The summed E-state index contributed by atoms with van der Waals surface area (Å²) in [7, 11) is 0. The topological polar surface area (TPSA) is 17.1 Å². The van der Waals surface area contributed by atoms with E-state index >= 15 is 0 Å². The quantitative estimate of drug-likeness (QED) is 0.479. The minimum Gasteiger partial charge on any atom is -0.299 e. The number of carbonyl (C=O) groups excluding carboxylic acids is 1. The zero-order valence-electron chi connectivity index (χ0n) is 12.2. The maximum atomic E-state index is 11.7. The second kappa shape index (κ2) is 4.76.